The van der Waals surface area contributed by atoms with Crippen molar-refractivity contribution in [3.05, 3.63) is 29.8 Å². The Morgan fingerprint density at radius 2 is 1.79 bits per heavy atom. The van der Waals surface area contributed by atoms with Crippen molar-refractivity contribution in [1.29, 1.82) is 0 Å². The highest BCUT2D eigenvalue weighted by atomic mass is 16.5. The molecule has 0 radical (unpaired) electrons. The molecule has 0 amide bonds. The Balaban J connectivity index is 2.53. The third-order valence-corrected chi connectivity index (χ3v) is 3.28. The molecule has 0 N–H and O–H groups in total. The molecule has 0 fully saturated rings. The molecule has 3 nitrogen and oxygen atoms in total. The quantitative estimate of drug-likeness (QED) is 0.763. The fraction of sp³-hybridized carbons (Fsp3) is 0.562. The number of anilines is 1. The van der Waals surface area contributed by atoms with Crippen molar-refractivity contribution < 1.29 is 9.53 Å². The molecule has 0 saturated carbocycles. The van der Waals surface area contributed by atoms with Crippen molar-refractivity contribution in [3.8, 4) is 0 Å². The van der Waals surface area contributed by atoms with Crippen molar-refractivity contribution in [2.45, 2.75) is 39.0 Å². The molecule has 0 spiro atoms. The Labute approximate surface area is 116 Å². The molecule has 19 heavy (non-hydrogen) atoms. The van der Waals surface area contributed by atoms with E-state index in [4.69, 9.17) is 0 Å². The van der Waals surface area contributed by atoms with Gasteiger partial charge in [-0.15, -0.1) is 0 Å². The van der Waals surface area contributed by atoms with Crippen LogP contribution in [-0.2, 0) is 14.9 Å². The van der Waals surface area contributed by atoms with Crippen LogP contribution in [0.2, 0.25) is 0 Å². The maximum Gasteiger partial charge on any atom is 0.305 e. The zero-order chi connectivity index (χ0) is 14.5. The Bertz CT molecular complexity index is 404. The molecule has 0 aliphatic carbocycles. The van der Waals surface area contributed by atoms with Gasteiger partial charge < -0.3 is 9.64 Å². The standard InChI is InChI=1S/C16H25NO2/c1-16(2,3)13-8-10-14(11-9-13)17(4)12-6-7-15(18)19-5/h8-11H,6-7,12H2,1-5H3. The second-order valence-electron chi connectivity index (χ2n) is 5.90. The minimum atomic E-state index is -0.142. The number of benzene rings is 1. The minimum absolute atomic E-state index is 0.142. The first-order valence-corrected chi connectivity index (χ1v) is 6.73. The van der Waals surface area contributed by atoms with Crippen LogP contribution in [0.1, 0.15) is 39.2 Å². The van der Waals surface area contributed by atoms with Gasteiger partial charge in [-0.2, -0.15) is 0 Å². The Hall–Kier alpha value is -1.51. The van der Waals surface area contributed by atoms with Crippen LogP contribution in [0, 0.1) is 0 Å². The number of rotatable bonds is 5. The number of hydrogen-bond donors (Lipinski definition) is 0. The van der Waals surface area contributed by atoms with E-state index in [0.29, 0.717) is 6.42 Å². The topological polar surface area (TPSA) is 29.5 Å². The lowest BCUT2D eigenvalue weighted by atomic mass is 9.87. The summed E-state index contributed by atoms with van der Waals surface area (Å²) >= 11 is 0. The van der Waals surface area contributed by atoms with Gasteiger partial charge in [0.25, 0.3) is 0 Å². The van der Waals surface area contributed by atoms with Crippen molar-refractivity contribution >= 4 is 11.7 Å². The number of methoxy groups -OCH3 is 1. The number of nitrogens with zero attached hydrogens (tertiary/aromatic N) is 1. The monoisotopic (exact) mass is 263 g/mol. The van der Waals surface area contributed by atoms with E-state index in [-0.39, 0.29) is 11.4 Å². The third kappa shape index (κ3) is 4.93. The first kappa shape index (κ1) is 15.5. The van der Waals surface area contributed by atoms with Crippen molar-refractivity contribution in [2.75, 3.05) is 25.6 Å². The van der Waals surface area contributed by atoms with E-state index in [2.05, 4.69) is 54.7 Å². The van der Waals surface area contributed by atoms with Crippen LogP contribution in [0.15, 0.2) is 24.3 Å². The maximum atomic E-state index is 11.0. The van der Waals surface area contributed by atoms with Gasteiger partial charge in [-0.05, 0) is 29.5 Å². The zero-order valence-electron chi connectivity index (χ0n) is 12.7. The first-order valence-electron chi connectivity index (χ1n) is 6.73. The van der Waals surface area contributed by atoms with Crippen LogP contribution < -0.4 is 4.90 Å². The van der Waals surface area contributed by atoms with Gasteiger partial charge in [-0.3, -0.25) is 4.79 Å². The number of hydrogen-bond acceptors (Lipinski definition) is 3. The molecule has 0 atom stereocenters. The molecule has 0 saturated heterocycles. The largest absolute Gasteiger partial charge is 0.469 e. The van der Waals surface area contributed by atoms with Gasteiger partial charge in [0.15, 0.2) is 0 Å². The van der Waals surface area contributed by atoms with Crippen LogP contribution in [0.3, 0.4) is 0 Å². The van der Waals surface area contributed by atoms with E-state index < -0.39 is 0 Å². The van der Waals surface area contributed by atoms with Gasteiger partial charge in [-0.1, -0.05) is 32.9 Å². The second kappa shape index (κ2) is 6.60. The van der Waals surface area contributed by atoms with Gasteiger partial charge in [0.1, 0.15) is 0 Å². The lowest BCUT2D eigenvalue weighted by Crippen LogP contribution is -2.20. The lowest BCUT2D eigenvalue weighted by molar-refractivity contribution is -0.140. The predicted molar refractivity (Wildman–Crippen MR) is 79.7 cm³/mol. The van der Waals surface area contributed by atoms with E-state index in [9.17, 15) is 4.79 Å². The Morgan fingerprint density at radius 1 is 1.21 bits per heavy atom. The summed E-state index contributed by atoms with van der Waals surface area (Å²) in [5.41, 5.74) is 2.69. The lowest BCUT2D eigenvalue weighted by Gasteiger charge is -2.22. The summed E-state index contributed by atoms with van der Waals surface area (Å²) in [5, 5.41) is 0. The van der Waals surface area contributed by atoms with Crippen LogP contribution >= 0.6 is 0 Å². The predicted octanol–water partition coefficient (Wildman–Crippen LogP) is 3.37. The molecule has 3 heteroatoms. The second-order valence-corrected chi connectivity index (χ2v) is 5.90. The molecule has 1 rings (SSSR count). The summed E-state index contributed by atoms with van der Waals surface area (Å²) in [4.78, 5) is 13.2. The number of carbonyl (C=O) groups is 1. The summed E-state index contributed by atoms with van der Waals surface area (Å²) < 4.78 is 4.63. The molecule has 0 heterocycles. The molecule has 0 bridgehead atoms. The van der Waals surface area contributed by atoms with Crippen LogP contribution in [0.25, 0.3) is 0 Å². The normalized spacial score (nSPS) is 11.2. The Morgan fingerprint density at radius 3 is 2.26 bits per heavy atom. The van der Waals surface area contributed by atoms with E-state index in [0.717, 1.165) is 13.0 Å². The molecule has 0 aliphatic heterocycles. The molecular formula is C16H25NO2. The molecule has 1 aromatic rings. The number of esters is 1. The third-order valence-electron chi connectivity index (χ3n) is 3.28. The number of ether oxygens (including phenoxy) is 1. The maximum absolute atomic E-state index is 11.0. The molecule has 106 valence electrons. The van der Waals surface area contributed by atoms with Gasteiger partial charge in [-0.25, -0.2) is 0 Å². The molecule has 0 aromatic heterocycles. The molecule has 1 aromatic carbocycles. The van der Waals surface area contributed by atoms with Gasteiger partial charge >= 0.3 is 5.97 Å². The summed E-state index contributed by atoms with van der Waals surface area (Å²) in [5.74, 6) is -0.142. The Kier molecular flexibility index (Phi) is 5.40. The van der Waals surface area contributed by atoms with Gasteiger partial charge in [0, 0.05) is 25.7 Å². The molecule has 0 aliphatic rings. The average Bonchev–Trinajstić information content (AvgIpc) is 2.37. The fourth-order valence-corrected chi connectivity index (χ4v) is 1.91. The number of carbonyl (C=O) groups excluding carboxylic acids is 1. The van der Waals surface area contributed by atoms with Crippen molar-refractivity contribution in [2.24, 2.45) is 0 Å². The highest BCUT2D eigenvalue weighted by Gasteiger charge is 2.13. The fourth-order valence-electron chi connectivity index (χ4n) is 1.91. The van der Waals surface area contributed by atoms with E-state index >= 15 is 0 Å². The summed E-state index contributed by atoms with van der Waals surface area (Å²) in [6.07, 6.45) is 1.28. The minimum Gasteiger partial charge on any atom is -0.469 e. The van der Waals surface area contributed by atoms with E-state index in [1.807, 2.05) is 7.05 Å². The van der Waals surface area contributed by atoms with Crippen LogP contribution in [0.4, 0.5) is 5.69 Å². The summed E-state index contributed by atoms with van der Waals surface area (Å²) in [7, 11) is 3.47. The first-order chi connectivity index (χ1) is 8.84. The average molecular weight is 263 g/mol. The smallest absolute Gasteiger partial charge is 0.305 e. The zero-order valence-corrected chi connectivity index (χ0v) is 12.7. The highest BCUT2D eigenvalue weighted by Crippen LogP contribution is 2.24. The molecular weight excluding hydrogens is 238 g/mol. The van der Waals surface area contributed by atoms with Crippen molar-refractivity contribution in [1.82, 2.24) is 0 Å². The summed E-state index contributed by atoms with van der Waals surface area (Å²) in [6.45, 7) is 7.48. The van der Waals surface area contributed by atoms with Crippen LogP contribution in [0.5, 0.6) is 0 Å². The van der Waals surface area contributed by atoms with E-state index in [1.54, 1.807) is 0 Å². The highest BCUT2D eigenvalue weighted by molar-refractivity contribution is 5.69. The van der Waals surface area contributed by atoms with Gasteiger partial charge in [0.2, 0.25) is 0 Å². The van der Waals surface area contributed by atoms with Crippen LogP contribution in [-0.4, -0.2) is 26.7 Å². The van der Waals surface area contributed by atoms with Crippen molar-refractivity contribution in [3.63, 3.8) is 0 Å². The SMILES string of the molecule is COC(=O)CCCN(C)c1ccc(C(C)(C)C)cc1. The molecule has 0 unspecified atom stereocenters. The summed E-state index contributed by atoms with van der Waals surface area (Å²) in [6, 6.07) is 8.62. The van der Waals surface area contributed by atoms with Gasteiger partial charge in [0.05, 0.1) is 7.11 Å². The van der Waals surface area contributed by atoms with E-state index in [1.165, 1.54) is 18.4 Å².